The molecule has 22 heavy (non-hydrogen) atoms. The molecular formula is C17H19NO4. The monoisotopic (exact) mass is 301 g/mol. The van der Waals surface area contributed by atoms with Crippen molar-refractivity contribution >= 4 is 22.9 Å². The molecule has 0 bridgehead atoms. The molecule has 0 saturated carbocycles. The first kappa shape index (κ1) is 15.8. The van der Waals surface area contributed by atoms with Crippen molar-refractivity contribution in [1.29, 1.82) is 0 Å². The normalized spacial score (nSPS) is 10.9. The zero-order chi connectivity index (χ0) is 16.1. The first-order chi connectivity index (χ1) is 10.6. The Morgan fingerprint density at radius 2 is 1.95 bits per heavy atom. The van der Waals surface area contributed by atoms with E-state index in [1.165, 1.54) is 6.08 Å². The van der Waals surface area contributed by atoms with Crippen LogP contribution in [0, 0.1) is 6.92 Å². The molecule has 0 atom stereocenters. The number of esters is 1. The summed E-state index contributed by atoms with van der Waals surface area (Å²) in [4.78, 5) is 16.1. The van der Waals surface area contributed by atoms with Crippen LogP contribution < -0.4 is 9.47 Å². The average Bonchev–Trinajstić information content (AvgIpc) is 2.51. The predicted octanol–water partition coefficient (Wildman–Crippen LogP) is 3.14. The van der Waals surface area contributed by atoms with Crippen molar-refractivity contribution in [3.8, 4) is 11.5 Å². The molecule has 0 amide bonds. The van der Waals surface area contributed by atoms with Crippen LogP contribution >= 0.6 is 0 Å². The highest BCUT2D eigenvalue weighted by Gasteiger charge is 2.13. The summed E-state index contributed by atoms with van der Waals surface area (Å²) >= 11 is 0. The van der Waals surface area contributed by atoms with E-state index in [9.17, 15) is 4.79 Å². The SMILES string of the molecule is CCOC(=O)/C=C/c1c(OC)ccc2nc(C)cc(OC)c12. The van der Waals surface area contributed by atoms with Gasteiger partial charge in [-0.05, 0) is 32.1 Å². The molecule has 2 aromatic rings. The van der Waals surface area contributed by atoms with Crippen LogP contribution in [0.25, 0.3) is 17.0 Å². The Bertz CT molecular complexity index is 722. The van der Waals surface area contributed by atoms with Gasteiger partial charge in [-0.25, -0.2) is 4.79 Å². The number of pyridine rings is 1. The van der Waals surface area contributed by atoms with Crippen LogP contribution in [-0.4, -0.2) is 31.8 Å². The molecule has 0 saturated heterocycles. The number of benzene rings is 1. The molecule has 0 aliphatic rings. The van der Waals surface area contributed by atoms with Crippen molar-refractivity contribution in [1.82, 2.24) is 4.98 Å². The third-order valence-corrected chi connectivity index (χ3v) is 3.18. The molecular weight excluding hydrogens is 282 g/mol. The molecule has 5 heteroatoms. The van der Waals surface area contributed by atoms with Crippen molar-refractivity contribution in [3.63, 3.8) is 0 Å². The minimum absolute atomic E-state index is 0.333. The maximum atomic E-state index is 11.6. The van der Waals surface area contributed by atoms with Gasteiger partial charge in [-0.2, -0.15) is 0 Å². The van der Waals surface area contributed by atoms with Crippen molar-refractivity contribution in [2.75, 3.05) is 20.8 Å². The van der Waals surface area contributed by atoms with E-state index in [0.29, 0.717) is 18.1 Å². The maximum absolute atomic E-state index is 11.6. The van der Waals surface area contributed by atoms with Gasteiger partial charge in [0.05, 0.1) is 31.7 Å². The fraction of sp³-hybridized carbons (Fsp3) is 0.294. The van der Waals surface area contributed by atoms with Gasteiger partial charge >= 0.3 is 5.97 Å². The zero-order valence-electron chi connectivity index (χ0n) is 13.2. The molecule has 116 valence electrons. The molecule has 5 nitrogen and oxygen atoms in total. The summed E-state index contributed by atoms with van der Waals surface area (Å²) in [6.45, 7) is 4.00. The molecule has 1 heterocycles. The first-order valence-corrected chi connectivity index (χ1v) is 6.97. The summed E-state index contributed by atoms with van der Waals surface area (Å²) < 4.78 is 15.8. The molecule has 0 aliphatic carbocycles. The molecule has 0 spiro atoms. The number of hydrogen-bond donors (Lipinski definition) is 0. The van der Waals surface area contributed by atoms with Crippen molar-refractivity contribution in [2.45, 2.75) is 13.8 Å². The number of nitrogens with zero attached hydrogens (tertiary/aromatic N) is 1. The van der Waals surface area contributed by atoms with E-state index in [1.54, 1.807) is 27.2 Å². The van der Waals surface area contributed by atoms with E-state index in [1.807, 2.05) is 25.1 Å². The number of hydrogen-bond acceptors (Lipinski definition) is 5. The Balaban J connectivity index is 2.65. The minimum Gasteiger partial charge on any atom is -0.496 e. The van der Waals surface area contributed by atoms with Gasteiger partial charge in [-0.3, -0.25) is 4.98 Å². The summed E-state index contributed by atoms with van der Waals surface area (Å²) in [5, 5.41) is 0.799. The van der Waals surface area contributed by atoms with E-state index < -0.39 is 5.97 Å². The van der Waals surface area contributed by atoms with Crippen molar-refractivity contribution in [2.24, 2.45) is 0 Å². The Morgan fingerprint density at radius 3 is 2.59 bits per heavy atom. The van der Waals surface area contributed by atoms with Crippen LogP contribution in [0.3, 0.4) is 0 Å². The van der Waals surface area contributed by atoms with E-state index in [4.69, 9.17) is 14.2 Å². The molecule has 2 rings (SSSR count). The number of fused-ring (bicyclic) bond motifs is 1. The quantitative estimate of drug-likeness (QED) is 0.627. The third kappa shape index (κ3) is 3.19. The second-order valence-corrected chi connectivity index (χ2v) is 4.63. The number of methoxy groups -OCH3 is 2. The molecule has 0 aliphatic heterocycles. The van der Waals surface area contributed by atoms with E-state index in [2.05, 4.69) is 4.98 Å². The smallest absolute Gasteiger partial charge is 0.330 e. The lowest BCUT2D eigenvalue weighted by Gasteiger charge is -2.12. The summed E-state index contributed by atoms with van der Waals surface area (Å²) in [6, 6.07) is 5.54. The standard InChI is InChI=1S/C17H19NO4/c1-5-22-16(19)9-6-12-14(20-3)8-7-13-17(12)15(21-4)10-11(2)18-13/h6-10H,5H2,1-4H3/b9-6+. The maximum Gasteiger partial charge on any atom is 0.330 e. The van der Waals surface area contributed by atoms with Gasteiger partial charge in [0.1, 0.15) is 11.5 Å². The van der Waals surface area contributed by atoms with Gasteiger partial charge in [0.25, 0.3) is 0 Å². The molecule has 0 fully saturated rings. The summed E-state index contributed by atoms with van der Waals surface area (Å²) in [5.74, 6) is 0.919. The van der Waals surface area contributed by atoms with Crippen molar-refractivity contribution in [3.05, 3.63) is 35.5 Å². The van der Waals surface area contributed by atoms with E-state index in [-0.39, 0.29) is 0 Å². The minimum atomic E-state index is -0.402. The summed E-state index contributed by atoms with van der Waals surface area (Å²) in [5.41, 5.74) is 2.37. The van der Waals surface area contributed by atoms with Gasteiger partial charge in [0.15, 0.2) is 0 Å². The Morgan fingerprint density at radius 1 is 1.23 bits per heavy atom. The van der Waals surface area contributed by atoms with Gasteiger partial charge in [-0.15, -0.1) is 0 Å². The van der Waals surface area contributed by atoms with Crippen LogP contribution in [0.4, 0.5) is 0 Å². The summed E-state index contributed by atoms with van der Waals surface area (Å²) in [7, 11) is 3.18. The second kappa shape index (κ2) is 6.93. The number of ether oxygens (including phenoxy) is 3. The van der Waals surface area contributed by atoms with Gasteiger partial charge in [-0.1, -0.05) is 0 Å². The second-order valence-electron chi connectivity index (χ2n) is 4.63. The largest absolute Gasteiger partial charge is 0.496 e. The Labute approximate surface area is 129 Å². The van der Waals surface area contributed by atoms with Crippen LogP contribution in [-0.2, 0) is 9.53 Å². The molecule has 0 unspecified atom stereocenters. The fourth-order valence-electron chi connectivity index (χ4n) is 2.27. The number of carbonyl (C=O) groups is 1. The van der Waals surface area contributed by atoms with Crippen LogP contribution in [0.2, 0.25) is 0 Å². The highest BCUT2D eigenvalue weighted by molar-refractivity contribution is 5.98. The lowest BCUT2D eigenvalue weighted by molar-refractivity contribution is -0.137. The highest BCUT2D eigenvalue weighted by Crippen LogP contribution is 2.35. The van der Waals surface area contributed by atoms with Crippen LogP contribution in [0.5, 0.6) is 11.5 Å². The molecule has 0 N–H and O–H groups in total. The number of carbonyl (C=O) groups excluding carboxylic acids is 1. The number of aryl methyl sites for hydroxylation is 1. The first-order valence-electron chi connectivity index (χ1n) is 6.97. The molecule has 1 aromatic heterocycles. The topological polar surface area (TPSA) is 57.7 Å². The fourth-order valence-corrected chi connectivity index (χ4v) is 2.27. The van der Waals surface area contributed by atoms with Gasteiger partial charge < -0.3 is 14.2 Å². The summed E-state index contributed by atoms with van der Waals surface area (Å²) in [6.07, 6.45) is 3.04. The lowest BCUT2D eigenvalue weighted by atomic mass is 10.0. The Hall–Kier alpha value is -2.56. The van der Waals surface area contributed by atoms with Gasteiger partial charge in [0.2, 0.25) is 0 Å². The number of rotatable bonds is 5. The molecule has 1 aromatic carbocycles. The van der Waals surface area contributed by atoms with E-state index >= 15 is 0 Å². The molecule has 0 radical (unpaired) electrons. The Kier molecular flexibility index (Phi) is 4.99. The zero-order valence-corrected chi connectivity index (χ0v) is 13.2. The predicted molar refractivity (Wildman–Crippen MR) is 85.3 cm³/mol. The van der Waals surface area contributed by atoms with Crippen molar-refractivity contribution < 1.29 is 19.0 Å². The van der Waals surface area contributed by atoms with Gasteiger partial charge in [0, 0.05) is 23.4 Å². The van der Waals surface area contributed by atoms with E-state index in [0.717, 1.165) is 22.2 Å². The lowest BCUT2D eigenvalue weighted by Crippen LogP contribution is -1.99. The average molecular weight is 301 g/mol. The van der Waals surface area contributed by atoms with Crippen LogP contribution in [0.1, 0.15) is 18.2 Å². The third-order valence-electron chi connectivity index (χ3n) is 3.18. The highest BCUT2D eigenvalue weighted by atomic mass is 16.5. The van der Waals surface area contributed by atoms with Crippen LogP contribution in [0.15, 0.2) is 24.3 Å². The number of aromatic nitrogens is 1.